The van der Waals surface area contributed by atoms with Crippen molar-refractivity contribution in [2.45, 2.75) is 55.1 Å². The summed E-state index contributed by atoms with van der Waals surface area (Å²) in [7, 11) is 0. The van der Waals surface area contributed by atoms with Crippen LogP contribution in [0.5, 0.6) is 23.0 Å². The molecule has 0 radical (unpaired) electrons. The van der Waals surface area contributed by atoms with E-state index in [0.717, 1.165) is 24.3 Å². The highest BCUT2D eigenvalue weighted by molar-refractivity contribution is 5.88. The highest BCUT2D eigenvalue weighted by atomic mass is 16.7. The Labute approximate surface area is 229 Å². The van der Waals surface area contributed by atoms with Gasteiger partial charge in [-0.1, -0.05) is 0 Å². The highest BCUT2D eigenvalue weighted by Crippen LogP contribution is 2.46. The standard InChI is InChI=1S/C26H28O15/c27-6-15-19(33)22(36)25(41-26-23(37)20(34)16(7-28)40-26)24(39-15)18-12(32)5-14-17(21(18)35)11(31)4-13(38-14)8-1-2-9(29)10(30)3-8/h1-5,15-16,19-20,22-30,32-37H,6-7H2. The molecule has 0 amide bonds. The number of benzene rings is 2. The molecule has 2 aromatic carbocycles. The fourth-order valence-corrected chi connectivity index (χ4v) is 5.01. The van der Waals surface area contributed by atoms with Crippen LogP contribution in [0.4, 0.5) is 0 Å². The van der Waals surface area contributed by atoms with E-state index < -0.39 is 108 Å². The van der Waals surface area contributed by atoms with Gasteiger partial charge in [-0.05, 0) is 18.2 Å². The first-order valence-corrected chi connectivity index (χ1v) is 12.4. The van der Waals surface area contributed by atoms with E-state index in [1.54, 1.807) is 0 Å². The molecule has 15 nitrogen and oxygen atoms in total. The van der Waals surface area contributed by atoms with E-state index in [1.165, 1.54) is 6.07 Å². The van der Waals surface area contributed by atoms with Crippen LogP contribution in [0.2, 0.25) is 0 Å². The van der Waals surface area contributed by atoms with E-state index in [9.17, 15) is 55.9 Å². The maximum Gasteiger partial charge on any atom is 0.197 e. The molecular weight excluding hydrogens is 552 g/mol. The lowest BCUT2D eigenvalue weighted by molar-refractivity contribution is -0.289. The van der Waals surface area contributed by atoms with Crippen molar-refractivity contribution >= 4 is 11.0 Å². The van der Waals surface area contributed by atoms with Gasteiger partial charge < -0.3 is 69.7 Å². The van der Waals surface area contributed by atoms with Crippen molar-refractivity contribution in [3.05, 3.63) is 46.1 Å². The third-order valence-electron chi connectivity index (χ3n) is 7.21. The number of aliphatic hydroxyl groups is 6. The molecule has 3 aromatic rings. The van der Waals surface area contributed by atoms with Crippen molar-refractivity contribution in [2.24, 2.45) is 0 Å². The van der Waals surface area contributed by atoms with Crippen LogP contribution in [0.1, 0.15) is 11.7 Å². The van der Waals surface area contributed by atoms with Gasteiger partial charge in [0.15, 0.2) is 23.2 Å². The number of fused-ring (bicyclic) bond motifs is 1. The van der Waals surface area contributed by atoms with Crippen molar-refractivity contribution in [3.63, 3.8) is 0 Å². The van der Waals surface area contributed by atoms with Crippen LogP contribution < -0.4 is 5.43 Å². The Morgan fingerprint density at radius 1 is 0.756 bits per heavy atom. The van der Waals surface area contributed by atoms with Gasteiger partial charge in [-0.3, -0.25) is 4.79 Å². The van der Waals surface area contributed by atoms with Gasteiger partial charge in [0.1, 0.15) is 77.1 Å². The lowest BCUT2D eigenvalue weighted by Gasteiger charge is -2.43. The maximum atomic E-state index is 13.1. The Bertz CT molecular complexity index is 1490. The van der Waals surface area contributed by atoms with E-state index in [1.807, 2.05) is 0 Å². The first-order valence-electron chi connectivity index (χ1n) is 12.4. The second-order valence-electron chi connectivity index (χ2n) is 9.78. The summed E-state index contributed by atoms with van der Waals surface area (Å²) in [5, 5.41) is 102. The first-order chi connectivity index (χ1) is 19.5. The molecule has 1 aromatic heterocycles. The quantitative estimate of drug-likeness (QED) is 0.145. The number of hydrogen-bond acceptors (Lipinski definition) is 15. The number of aromatic hydroxyl groups is 4. The molecule has 2 aliphatic heterocycles. The molecule has 0 saturated carbocycles. The molecule has 15 heteroatoms. The summed E-state index contributed by atoms with van der Waals surface area (Å²) in [5.74, 6) is -2.55. The molecule has 3 heterocycles. The molecule has 9 unspecified atom stereocenters. The molecule has 0 aliphatic carbocycles. The Morgan fingerprint density at radius 2 is 1.41 bits per heavy atom. The number of phenols is 4. The average Bonchev–Trinajstić information content (AvgIpc) is 3.21. The normalized spacial score (nSPS) is 32.0. The monoisotopic (exact) mass is 580 g/mol. The molecule has 222 valence electrons. The Hall–Kier alpha value is -3.51. The fraction of sp³-hybridized carbons (Fsp3) is 0.423. The minimum absolute atomic E-state index is 0.0808. The SMILES string of the molecule is O=c1cc(-c2ccc(O)c(O)c2)oc2cc(O)c(C3OC(CO)C(O)C(O)C3OC3OC(CO)C(O)C3O)c(O)c12. The van der Waals surface area contributed by atoms with Crippen LogP contribution in [-0.4, -0.2) is 113 Å². The molecule has 5 rings (SSSR count). The van der Waals surface area contributed by atoms with Gasteiger partial charge in [0.2, 0.25) is 0 Å². The topological polar surface area (TPSA) is 260 Å². The van der Waals surface area contributed by atoms with Gasteiger partial charge in [0, 0.05) is 17.7 Å². The van der Waals surface area contributed by atoms with Crippen molar-refractivity contribution in [1.29, 1.82) is 0 Å². The molecule has 2 fully saturated rings. The predicted molar refractivity (Wildman–Crippen MR) is 134 cm³/mol. The molecule has 9 atom stereocenters. The Morgan fingerprint density at radius 3 is 2.05 bits per heavy atom. The fourth-order valence-electron chi connectivity index (χ4n) is 5.01. The molecule has 2 aliphatic rings. The molecule has 2 saturated heterocycles. The summed E-state index contributed by atoms with van der Waals surface area (Å²) in [6.45, 7) is -1.50. The number of phenolic OH excluding ortho intramolecular Hbond substituents is 4. The maximum absolute atomic E-state index is 13.1. The largest absolute Gasteiger partial charge is 0.507 e. The molecule has 0 spiro atoms. The number of aliphatic hydroxyl groups excluding tert-OH is 6. The summed E-state index contributed by atoms with van der Waals surface area (Å²) >= 11 is 0. The number of hydrogen-bond donors (Lipinski definition) is 10. The summed E-state index contributed by atoms with van der Waals surface area (Å²) in [6.07, 6.45) is -14.7. The lowest BCUT2D eigenvalue weighted by atomic mass is 9.89. The summed E-state index contributed by atoms with van der Waals surface area (Å²) < 4.78 is 22.3. The van der Waals surface area contributed by atoms with E-state index in [2.05, 4.69) is 0 Å². The Kier molecular flexibility index (Phi) is 7.82. The van der Waals surface area contributed by atoms with Crippen LogP contribution in [0, 0.1) is 0 Å². The highest BCUT2D eigenvalue weighted by Gasteiger charge is 2.52. The second kappa shape index (κ2) is 11.1. The van der Waals surface area contributed by atoms with Crippen LogP contribution in [0.15, 0.2) is 39.5 Å². The van der Waals surface area contributed by atoms with E-state index in [0.29, 0.717) is 0 Å². The zero-order chi connectivity index (χ0) is 29.7. The van der Waals surface area contributed by atoms with Crippen molar-refractivity contribution in [2.75, 3.05) is 13.2 Å². The zero-order valence-corrected chi connectivity index (χ0v) is 21.0. The third kappa shape index (κ3) is 4.97. The van der Waals surface area contributed by atoms with Crippen LogP contribution in [-0.2, 0) is 14.2 Å². The smallest absolute Gasteiger partial charge is 0.197 e. The van der Waals surface area contributed by atoms with Gasteiger partial charge in [0.25, 0.3) is 0 Å². The molecule has 41 heavy (non-hydrogen) atoms. The molecular formula is C26H28O15. The second-order valence-corrected chi connectivity index (χ2v) is 9.78. The minimum atomic E-state index is -1.87. The zero-order valence-electron chi connectivity index (χ0n) is 21.0. The van der Waals surface area contributed by atoms with Crippen LogP contribution in [0.25, 0.3) is 22.3 Å². The molecule has 0 bridgehead atoms. The summed E-state index contributed by atoms with van der Waals surface area (Å²) in [6, 6.07) is 5.60. The van der Waals surface area contributed by atoms with Gasteiger partial charge >= 0.3 is 0 Å². The van der Waals surface area contributed by atoms with E-state index in [-0.39, 0.29) is 16.9 Å². The van der Waals surface area contributed by atoms with Crippen molar-refractivity contribution in [3.8, 4) is 34.3 Å². The van der Waals surface area contributed by atoms with Crippen molar-refractivity contribution in [1.82, 2.24) is 0 Å². The summed E-state index contributed by atoms with van der Waals surface area (Å²) in [4.78, 5) is 13.1. The average molecular weight is 580 g/mol. The van der Waals surface area contributed by atoms with Gasteiger partial charge in [-0.25, -0.2) is 0 Å². The van der Waals surface area contributed by atoms with Crippen LogP contribution in [0.3, 0.4) is 0 Å². The molecule has 10 N–H and O–H groups in total. The summed E-state index contributed by atoms with van der Waals surface area (Å²) in [5.41, 5.74) is -1.41. The minimum Gasteiger partial charge on any atom is -0.507 e. The first kappa shape index (κ1) is 29.0. The van der Waals surface area contributed by atoms with E-state index in [4.69, 9.17) is 18.6 Å². The lowest BCUT2D eigenvalue weighted by Crippen LogP contribution is -2.57. The third-order valence-corrected chi connectivity index (χ3v) is 7.21. The number of rotatable bonds is 6. The van der Waals surface area contributed by atoms with Gasteiger partial charge in [0.05, 0.1) is 18.8 Å². The van der Waals surface area contributed by atoms with Crippen LogP contribution >= 0.6 is 0 Å². The predicted octanol–water partition coefficient (Wildman–Crippen LogP) is -1.74. The van der Waals surface area contributed by atoms with Gasteiger partial charge in [-0.15, -0.1) is 0 Å². The van der Waals surface area contributed by atoms with Crippen molar-refractivity contribution < 1.29 is 69.7 Å². The van der Waals surface area contributed by atoms with E-state index >= 15 is 0 Å². The number of ether oxygens (including phenoxy) is 3. The Balaban J connectivity index is 1.59. The van der Waals surface area contributed by atoms with Gasteiger partial charge in [-0.2, -0.15) is 0 Å².